The van der Waals surface area contributed by atoms with Gasteiger partial charge < -0.3 is 15.4 Å². The van der Waals surface area contributed by atoms with Crippen LogP contribution in [0.15, 0.2) is 30.3 Å². The zero-order chi connectivity index (χ0) is 17.9. The van der Waals surface area contributed by atoms with Crippen LogP contribution < -0.4 is 10.6 Å². The van der Waals surface area contributed by atoms with Crippen molar-refractivity contribution in [2.45, 2.75) is 0 Å². The first-order valence-electron chi connectivity index (χ1n) is 6.61. The third kappa shape index (κ3) is 3.90. The minimum atomic E-state index is -0.930. The van der Waals surface area contributed by atoms with E-state index in [4.69, 9.17) is 45.3 Å². The Labute approximate surface area is 153 Å². The van der Waals surface area contributed by atoms with E-state index in [9.17, 15) is 9.59 Å². The molecule has 2 aromatic rings. The van der Waals surface area contributed by atoms with Gasteiger partial charge in [-0.25, -0.2) is 9.78 Å². The summed E-state index contributed by atoms with van der Waals surface area (Å²) in [6.07, 6.45) is 0. The van der Waals surface area contributed by atoms with Crippen LogP contribution in [0.5, 0.6) is 0 Å². The number of amides is 1. The van der Waals surface area contributed by atoms with Crippen molar-refractivity contribution >= 4 is 58.1 Å². The third-order valence-corrected chi connectivity index (χ3v) is 4.25. The van der Waals surface area contributed by atoms with Gasteiger partial charge in [-0.15, -0.1) is 0 Å². The Morgan fingerprint density at radius 3 is 2.42 bits per heavy atom. The highest BCUT2D eigenvalue weighted by Gasteiger charge is 2.22. The van der Waals surface area contributed by atoms with Gasteiger partial charge in [-0.3, -0.25) is 4.79 Å². The molecule has 0 aliphatic carbocycles. The maximum Gasteiger partial charge on any atom is 0.359 e. The van der Waals surface area contributed by atoms with Gasteiger partial charge in [0.15, 0.2) is 17.5 Å². The highest BCUT2D eigenvalue weighted by atomic mass is 35.5. The first kappa shape index (κ1) is 18.3. The first-order chi connectivity index (χ1) is 11.3. The van der Waals surface area contributed by atoms with Crippen LogP contribution in [0.2, 0.25) is 15.2 Å². The number of hydrogen-bond donors (Lipinski definition) is 1. The molecule has 2 N–H and O–H groups in total. The number of anilines is 2. The van der Waals surface area contributed by atoms with Crippen molar-refractivity contribution in [1.82, 2.24) is 4.98 Å². The molecular formula is C15H12Cl3N3O3. The Hall–Kier alpha value is -2.02. The van der Waals surface area contributed by atoms with Gasteiger partial charge in [0, 0.05) is 12.7 Å². The van der Waals surface area contributed by atoms with E-state index in [-0.39, 0.29) is 26.6 Å². The number of nitrogen functional groups attached to an aromatic ring is 1. The molecule has 126 valence electrons. The zero-order valence-electron chi connectivity index (χ0n) is 12.4. The Morgan fingerprint density at radius 1 is 1.17 bits per heavy atom. The molecule has 0 saturated heterocycles. The van der Waals surface area contributed by atoms with Crippen LogP contribution in [-0.2, 0) is 9.53 Å². The van der Waals surface area contributed by atoms with E-state index in [0.29, 0.717) is 5.69 Å². The lowest BCUT2D eigenvalue weighted by molar-refractivity contribution is -0.121. The molecule has 1 heterocycles. The number of carbonyl (C=O) groups excluding carboxylic acids is 2. The second-order valence-corrected chi connectivity index (χ2v) is 5.77. The van der Waals surface area contributed by atoms with Gasteiger partial charge in [0.25, 0.3) is 5.91 Å². The minimum absolute atomic E-state index is 0.0573. The van der Waals surface area contributed by atoms with Crippen LogP contribution in [0.25, 0.3) is 0 Å². The highest BCUT2D eigenvalue weighted by Crippen LogP contribution is 2.34. The van der Waals surface area contributed by atoms with E-state index in [1.54, 1.807) is 31.3 Å². The van der Waals surface area contributed by atoms with Gasteiger partial charge in [0.1, 0.15) is 5.02 Å². The van der Waals surface area contributed by atoms with Gasteiger partial charge in [0.2, 0.25) is 0 Å². The molecule has 0 spiro atoms. The summed E-state index contributed by atoms with van der Waals surface area (Å²) in [5, 5.41) is -0.422. The standard InChI is InChI=1S/C15H12Cl3N3O3/c1-21(8-5-3-2-4-6-8)9(22)7-24-15(23)13-10(16)12(19)11(17)14(18)20-13/h2-6H,7H2,1H3,(H2,19,20). The average Bonchev–Trinajstić information content (AvgIpc) is 2.60. The van der Waals surface area contributed by atoms with Crippen molar-refractivity contribution in [2.24, 2.45) is 0 Å². The summed E-state index contributed by atoms with van der Waals surface area (Å²) in [5.74, 6) is -1.36. The summed E-state index contributed by atoms with van der Waals surface area (Å²) in [5.41, 5.74) is 5.90. The molecule has 1 aromatic carbocycles. The summed E-state index contributed by atoms with van der Waals surface area (Å²) < 4.78 is 4.93. The normalized spacial score (nSPS) is 10.3. The van der Waals surface area contributed by atoms with Crippen molar-refractivity contribution in [3.8, 4) is 0 Å². The molecule has 0 unspecified atom stereocenters. The summed E-state index contributed by atoms with van der Waals surface area (Å²) in [6.45, 7) is -0.498. The summed E-state index contributed by atoms with van der Waals surface area (Å²) >= 11 is 17.5. The van der Waals surface area contributed by atoms with Crippen LogP contribution in [0.1, 0.15) is 10.5 Å². The number of aromatic nitrogens is 1. The van der Waals surface area contributed by atoms with E-state index in [1.807, 2.05) is 6.07 Å². The fourth-order valence-corrected chi connectivity index (χ4v) is 2.34. The monoisotopic (exact) mass is 387 g/mol. The summed E-state index contributed by atoms with van der Waals surface area (Å²) in [6, 6.07) is 8.89. The number of halogens is 3. The van der Waals surface area contributed by atoms with Crippen molar-refractivity contribution < 1.29 is 14.3 Å². The SMILES string of the molecule is CN(C(=O)COC(=O)c1nc(Cl)c(Cl)c(N)c1Cl)c1ccccc1. The molecule has 9 heteroatoms. The maximum absolute atomic E-state index is 12.1. The molecule has 6 nitrogen and oxygen atoms in total. The van der Waals surface area contributed by atoms with Gasteiger partial charge in [0.05, 0.1) is 10.7 Å². The van der Waals surface area contributed by atoms with Gasteiger partial charge in [-0.1, -0.05) is 53.0 Å². The number of rotatable bonds is 4. The second-order valence-electron chi connectivity index (χ2n) is 4.66. The second kappa shape index (κ2) is 7.70. The number of pyridine rings is 1. The van der Waals surface area contributed by atoms with Crippen LogP contribution >= 0.6 is 34.8 Å². The number of ether oxygens (including phenoxy) is 1. The van der Waals surface area contributed by atoms with Crippen molar-refractivity contribution in [3.05, 3.63) is 51.2 Å². The predicted molar refractivity (Wildman–Crippen MR) is 93.8 cm³/mol. The molecule has 0 bridgehead atoms. The number of likely N-dealkylation sites (N-methyl/N-ethyl adjacent to an activating group) is 1. The Kier molecular flexibility index (Phi) is 5.88. The van der Waals surface area contributed by atoms with E-state index >= 15 is 0 Å². The third-order valence-electron chi connectivity index (χ3n) is 3.11. The Morgan fingerprint density at radius 2 is 1.79 bits per heavy atom. The molecule has 0 atom stereocenters. The number of nitrogens with zero attached hydrogens (tertiary/aromatic N) is 2. The van der Waals surface area contributed by atoms with E-state index in [1.165, 1.54) is 4.90 Å². The fourth-order valence-electron chi connectivity index (χ4n) is 1.75. The molecule has 0 fully saturated rings. The predicted octanol–water partition coefficient (Wildman–Crippen LogP) is 3.44. The van der Waals surface area contributed by atoms with Crippen LogP contribution in [0.4, 0.5) is 11.4 Å². The lowest BCUT2D eigenvalue weighted by atomic mass is 10.3. The zero-order valence-corrected chi connectivity index (χ0v) is 14.7. The number of para-hydroxylation sites is 1. The van der Waals surface area contributed by atoms with Gasteiger partial charge in [-0.2, -0.15) is 0 Å². The van der Waals surface area contributed by atoms with Crippen molar-refractivity contribution in [3.63, 3.8) is 0 Å². The first-order valence-corrected chi connectivity index (χ1v) is 7.75. The molecule has 24 heavy (non-hydrogen) atoms. The number of hydrogen-bond acceptors (Lipinski definition) is 5. The lowest BCUT2D eigenvalue weighted by Gasteiger charge is -2.17. The van der Waals surface area contributed by atoms with E-state index < -0.39 is 18.5 Å². The molecule has 2 rings (SSSR count). The Balaban J connectivity index is 2.07. The van der Waals surface area contributed by atoms with Crippen molar-refractivity contribution in [1.29, 1.82) is 0 Å². The molecular weight excluding hydrogens is 377 g/mol. The smallest absolute Gasteiger partial charge is 0.359 e. The van der Waals surface area contributed by atoms with Gasteiger partial charge >= 0.3 is 5.97 Å². The topological polar surface area (TPSA) is 85.5 Å². The number of carbonyl (C=O) groups is 2. The van der Waals surface area contributed by atoms with Crippen LogP contribution in [0, 0.1) is 0 Å². The molecule has 0 aliphatic rings. The molecule has 0 aliphatic heterocycles. The van der Waals surface area contributed by atoms with E-state index in [0.717, 1.165) is 0 Å². The largest absolute Gasteiger partial charge is 0.451 e. The minimum Gasteiger partial charge on any atom is -0.451 e. The van der Waals surface area contributed by atoms with Gasteiger partial charge in [-0.05, 0) is 12.1 Å². The quantitative estimate of drug-likeness (QED) is 0.640. The van der Waals surface area contributed by atoms with Crippen LogP contribution in [-0.4, -0.2) is 30.5 Å². The summed E-state index contributed by atoms with van der Waals surface area (Å²) in [7, 11) is 1.56. The summed E-state index contributed by atoms with van der Waals surface area (Å²) in [4.78, 5) is 29.2. The van der Waals surface area contributed by atoms with Crippen LogP contribution in [0.3, 0.4) is 0 Å². The van der Waals surface area contributed by atoms with Crippen molar-refractivity contribution in [2.75, 3.05) is 24.3 Å². The molecule has 0 saturated carbocycles. The molecule has 1 amide bonds. The maximum atomic E-state index is 12.1. The number of benzene rings is 1. The fraction of sp³-hybridized carbons (Fsp3) is 0.133. The molecule has 1 aromatic heterocycles. The number of nitrogens with two attached hydrogens (primary N) is 1. The van der Waals surface area contributed by atoms with E-state index in [2.05, 4.69) is 4.98 Å². The Bertz CT molecular complexity index is 785. The average molecular weight is 389 g/mol. The molecule has 0 radical (unpaired) electrons. The number of esters is 1. The lowest BCUT2D eigenvalue weighted by Crippen LogP contribution is -2.31. The highest BCUT2D eigenvalue weighted by molar-refractivity contribution is 6.46.